The topological polar surface area (TPSA) is 92.4 Å². The Kier molecular flexibility index (Phi) is 6.40. The van der Waals surface area contributed by atoms with Gasteiger partial charge in [-0.15, -0.1) is 0 Å². The lowest BCUT2D eigenvalue weighted by molar-refractivity contribution is -0.122. The molecule has 35 heavy (non-hydrogen) atoms. The van der Waals surface area contributed by atoms with Gasteiger partial charge in [-0.25, -0.2) is 10.2 Å². The highest BCUT2D eigenvalue weighted by molar-refractivity contribution is 7.08. The SMILES string of the molecule is COc1cc2c(cc1C=C(C)C)C1=C(CO2)C(C(=O)NCCN2CCOC2=O)NN1c1ccsc1. The van der Waals surface area contributed by atoms with Gasteiger partial charge in [-0.1, -0.05) is 11.6 Å². The van der Waals surface area contributed by atoms with Gasteiger partial charge in [0.15, 0.2) is 0 Å². The van der Waals surface area contributed by atoms with Gasteiger partial charge in [-0.2, -0.15) is 11.3 Å². The van der Waals surface area contributed by atoms with E-state index in [1.165, 1.54) is 0 Å². The number of allylic oxidation sites excluding steroid dienone is 1. The fraction of sp³-hybridized carbons (Fsp3) is 0.360. The van der Waals surface area contributed by atoms with Crippen LogP contribution in [0.1, 0.15) is 25.0 Å². The third-order valence-corrected chi connectivity index (χ3v) is 6.77. The molecule has 3 aliphatic heterocycles. The van der Waals surface area contributed by atoms with Gasteiger partial charge >= 0.3 is 6.09 Å². The lowest BCUT2D eigenvalue weighted by Gasteiger charge is -2.26. The molecule has 0 radical (unpaired) electrons. The summed E-state index contributed by atoms with van der Waals surface area (Å²) in [5.74, 6) is 1.27. The van der Waals surface area contributed by atoms with Crippen molar-refractivity contribution in [3.8, 4) is 11.5 Å². The predicted octanol–water partition coefficient (Wildman–Crippen LogP) is 3.25. The lowest BCUT2D eigenvalue weighted by Crippen LogP contribution is -2.48. The molecule has 1 saturated heterocycles. The predicted molar refractivity (Wildman–Crippen MR) is 134 cm³/mol. The van der Waals surface area contributed by atoms with Crippen LogP contribution in [0.15, 0.2) is 40.1 Å². The highest BCUT2D eigenvalue weighted by Crippen LogP contribution is 2.44. The number of anilines is 1. The third kappa shape index (κ3) is 4.46. The number of cyclic esters (lactones) is 1. The monoisotopic (exact) mass is 496 g/mol. The van der Waals surface area contributed by atoms with Gasteiger partial charge < -0.3 is 24.4 Å². The maximum absolute atomic E-state index is 13.2. The summed E-state index contributed by atoms with van der Waals surface area (Å²) in [6.45, 7) is 6.03. The Hall–Kier alpha value is -3.50. The minimum Gasteiger partial charge on any atom is -0.496 e. The van der Waals surface area contributed by atoms with Crippen LogP contribution in [0.4, 0.5) is 10.5 Å². The molecule has 0 saturated carbocycles. The van der Waals surface area contributed by atoms with Crippen LogP contribution >= 0.6 is 11.3 Å². The van der Waals surface area contributed by atoms with Crippen LogP contribution < -0.4 is 25.2 Å². The zero-order valence-electron chi connectivity index (χ0n) is 19.9. The Morgan fingerprint density at radius 1 is 1.34 bits per heavy atom. The van der Waals surface area contributed by atoms with E-state index in [0.29, 0.717) is 32.0 Å². The van der Waals surface area contributed by atoms with E-state index < -0.39 is 6.04 Å². The number of ether oxygens (including phenoxy) is 3. The highest BCUT2D eigenvalue weighted by atomic mass is 32.1. The molecule has 1 fully saturated rings. The molecular formula is C25H28N4O5S. The minimum atomic E-state index is -0.599. The van der Waals surface area contributed by atoms with Gasteiger partial charge in [0.1, 0.15) is 30.8 Å². The second-order valence-electron chi connectivity index (χ2n) is 8.75. The molecule has 1 unspecified atom stereocenters. The van der Waals surface area contributed by atoms with Crippen molar-refractivity contribution >= 4 is 40.8 Å². The molecule has 3 aliphatic rings. The number of nitrogens with zero attached hydrogens (tertiary/aromatic N) is 2. The van der Waals surface area contributed by atoms with Crippen LogP contribution in [-0.4, -0.2) is 62.9 Å². The number of thiophene rings is 1. The molecular weight excluding hydrogens is 468 g/mol. The number of amides is 2. The molecule has 2 aromatic rings. The van der Waals surface area contributed by atoms with E-state index in [-0.39, 0.29) is 18.6 Å². The summed E-state index contributed by atoms with van der Waals surface area (Å²) in [5.41, 5.74) is 9.08. The van der Waals surface area contributed by atoms with E-state index in [0.717, 1.165) is 39.4 Å². The minimum absolute atomic E-state index is 0.173. The third-order valence-electron chi connectivity index (χ3n) is 6.10. The van der Waals surface area contributed by atoms with E-state index in [1.807, 2.05) is 41.7 Å². The number of carbonyl (C=O) groups excluding carboxylic acids is 2. The first kappa shape index (κ1) is 23.3. The highest BCUT2D eigenvalue weighted by Gasteiger charge is 2.41. The second kappa shape index (κ2) is 9.63. The number of fused-ring (bicyclic) bond motifs is 2. The molecule has 4 heterocycles. The van der Waals surface area contributed by atoms with E-state index >= 15 is 0 Å². The zero-order valence-corrected chi connectivity index (χ0v) is 20.7. The number of nitrogens with one attached hydrogen (secondary N) is 2. The first-order valence-corrected chi connectivity index (χ1v) is 12.4. The largest absolute Gasteiger partial charge is 0.496 e. The average Bonchev–Trinajstić information content (AvgIpc) is 3.58. The van der Waals surface area contributed by atoms with E-state index in [9.17, 15) is 9.59 Å². The number of hydrazine groups is 1. The van der Waals surface area contributed by atoms with Gasteiger partial charge in [0, 0.05) is 41.2 Å². The number of methoxy groups -OCH3 is 1. The van der Waals surface area contributed by atoms with Crippen LogP contribution in [0.2, 0.25) is 0 Å². The molecule has 0 spiro atoms. The van der Waals surface area contributed by atoms with Crippen LogP contribution in [0.25, 0.3) is 11.8 Å². The van der Waals surface area contributed by atoms with Crippen molar-refractivity contribution in [2.45, 2.75) is 19.9 Å². The molecule has 10 heteroatoms. The van der Waals surface area contributed by atoms with Crippen molar-refractivity contribution in [1.29, 1.82) is 0 Å². The Balaban J connectivity index is 1.46. The Morgan fingerprint density at radius 3 is 2.89 bits per heavy atom. The van der Waals surface area contributed by atoms with Gasteiger partial charge in [0.25, 0.3) is 0 Å². The zero-order chi connectivity index (χ0) is 24.5. The number of carbonyl (C=O) groups is 2. The molecule has 1 aromatic carbocycles. The lowest BCUT2D eigenvalue weighted by atomic mass is 9.96. The van der Waals surface area contributed by atoms with Crippen LogP contribution in [0.3, 0.4) is 0 Å². The van der Waals surface area contributed by atoms with E-state index in [1.54, 1.807) is 23.3 Å². The molecule has 1 aromatic heterocycles. The maximum Gasteiger partial charge on any atom is 0.409 e. The van der Waals surface area contributed by atoms with Crippen molar-refractivity contribution in [2.24, 2.45) is 0 Å². The van der Waals surface area contributed by atoms with Crippen LogP contribution in [0, 0.1) is 0 Å². The van der Waals surface area contributed by atoms with Crippen molar-refractivity contribution < 1.29 is 23.8 Å². The first-order valence-electron chi connectivity index (χ1n) is 11.5. The Morgan fingerprint density at radius 2 is 2.20 bits per heavy atom. The average molecular weight is 497 g/mol. The summed E-state index contributed by atoms with van der Waals surface area (Å²) in [6, 6.07) is 5.37. The van der Waals surface area contributed by atoms with Crippen molar-refractivity contribution in [2.75, 3.05) is 45.0 Å². The molecule has 0 bridgehead atoms. The molecule has 9 nitrogen and oxygen atoms in total. The molecule has 0 aliphatic carbocycles. The number of hydrogen-bond acceptors (Lipinski definition) is 8. The summed E-state index contributed by atoms with van der Waals surface area (Å²) >= 11 is 1.59. The number of benzene rings is 1. The standard InChI is InChI=1S/C25H28N4O5S/c1-15(2)10-16-11-18-21(12-20(16)32-3)34-13-19-22(27-29(23(18)19)17-4-9-35-14-17)24(30)26-5-6-28-7-8-33-25(28)31/h4,9-12,14,22,27H,5-8,13H2,1-3H3,(H,26,30). The van der Waals surface area contributed by atoms with Gasteiger partial charge in [-0.05, 0) is 31.4 Å². The first-order chi connectivity index (χ1) is 17.0. The summed E-state index contributed by atoms with van der Waals surface area (Å²) < 4.78 is 16.7. The molecule has 184 valence electrons. The molecule has 2 N–H and O–H groups in total. The summed E-state index contributed by atoms with van der Waals surface area (Å²) in [4.78, 5) is 26.5. The van der Waals surface area contributed by atoms with Crippen molar-refractivity contribution in [3.63, 3.8) is 0 Å². The summed E-state index contributed by atoms with van der Waals surface area (Å²) in [6.07, 6.45) is 1.73. The quantitative estimate of drug-likeness (QED) is 0.608. The van der Waals surface area contributed by atoms with Crippen LogP contribution in [-0.2, 0) is 9.53 Å². The fourth-order valence-electron chi connectivity index (χ4n) is 4.49. The van der Waals surface area contributed by atoms with Crippen LogP contribution in [0.5, 0.6) is 11.5 Å². The number of hydrogen-bond donors (Lipinski definition) is 2. The normalized spacial score (nSPS) is 18.6. The Bertz CT molecular complexity index is 1200. The van der Waals surface area contributed by atoms with Crippen molar-refractivity contribution in [3.05, 3.63) is 51.2 Å². The van der Waals surface area contributed by atoms with Gasteiger partial charge in [0.2, 0.25) is 5.91 Å². The summed E-state index contributed by atoms with van der Waals surface area (Å²) in [5, 5.41) is 8.96. The molecule has 2 amide bonds. The van der Waals surface area contributed by atoms with E-state index in [4.69, 9.17) is 14.2 Å². The number of rotatable bonds is 7. The molecule has 5 rings (SSSR count). The molecule has 1 atom stereocenters. The smallest absolute Gasteiger partial charge is 0.409 e. The second-order valence-corrected chi connectivity index (χ2v) is 9.53. The fourth-order valence-corrected chi connectivity index (χ4v) is 5.11. The maximum atomic E-state index is 13.2. The van der Waals surface area contributed by atoms with E-state index in [2.05, 4.69) is 22.9 Å². The Labute approximate surface area is 207 Å². The van der Waals surface area contributed by atoms with Crippen molar-refractivity contribution in [1.82, 2.24) is 15.6 Å². The van der Waals surface area contributed by atoms with Gasteiger partial charge in [-0.3, -0.25) is 9.80 Å². The van der Waals surface area contributed by atoms with Gasteiger partial charge in [0.05, 0.1) is 25.0 Å². The summed E-state index contributed by atoms with van der Waals surface area (Å²) in [7, 11) is 1.65.